The van der Waals surface area contributed by atoms with E-state index in [2.05, 4.69) is 17.7 Å². The van der Waals surface area contributed by atoms with E-state index >= 15 is 0 Å². The van der Waals surface area contributed by atoms with Crippen LogP contribution in [0.25, 0.3) is 0 Å². The van der Waals surface area contributed by atoms with Gasteiger partial charge in [0.1, 0.15) is 5.78 Å². The van der Waals surface area contributed by atoms with Crippen LogP contribution in [0.3, 0.4) is 0 Å². The first-order valence-electron chi connectivity index (χ1n) is 3.71. The summed E-state index contributed by atoms with van der Waals surface area (Å²) in [5, 5.41) is 4.24. The van der Waals surface area contributed by atoms with Crippen molar-refractivity contribution < 1.29 is 4.79 Å². The predicted molar refractivity (Wildman–Crippen MR) is 48.1 cm³/mol. The Morgan fingerprint density at radius 3 is 2.73 bits per heavy atom. The van der Waals surface area contributed by atoms with Crippen LogP contribution in [0.2, 0.25) is 0 Å². The second kappa shape index (κ2) is 3.67. The molecule has 11 heavy (non-hydrogen) atoms. The van der Waals surface area contributed by atoms with Gasteiger partial charge in [-0.15, -0.1) is 0 Å². The molecule has 1 nitrogen and oxygen atoms in total. The summed E-state index contributed by atoms with van der Waals surface area (Å²) >= 11 is 1.71. The van der Waals surface area contributed by atoms with Gasteiger partial charge in [-0.25, -0.2) is 0 Å². The minimum Gasteiger partial charge on any atom is -0.300 e. The summed E-state index contributed by atoms with van der Waals surface area (Å²) < 4.78 is 0. The van der Waals surface area contributed by atoms with Gasteiger partial charge >= 0.3 is 0 Å². The highest BCUT2D eigenvalue weighted by Gasteiger charge is 2.00. The zero-order valence-electron chi connectivity index (χ0n) is 6.89. The molecule has 0 amide bonds. The molecule has 1 heterocycles. The first-order valence-corrected chi connectivity index (χ1v) is 4.65. The highest BCUT2D eigenvalue weighted by Crippen LogP contribution is 2.15. The maximum Gasteiger partial charge on any atom is 0.130 e. The van der Waals surface area contributed by atoms with Crippen LogP contribution in [0.5, 0.6) is 0 Å². The fraction of sp³-hybridized carbons (Fsp3) is 0.444. The number of carbonyl (C=O) groups is 1. The van der Waals surface area contributed by atoms with Crippen LogP contribution in [-0.2, 0) is 11.2 Å². The van der Waals surface area contributed by atoms with Crippen molar-refractivity contribution in [1.29, 1.82) is 0 Å². The number of carbonyl (C=O) groups excluding carboxylic acids is 1. The fourth-order valence-electron chi connectivity index (χ4n) is 0.954. The van der Waals surface area contributed by atoms with Crippen LogP contribution in [0.1, 0.15) is 24.5 Å². The molecule has 1 rings (SSSR count). The molecular formula is C9H12OS. The number of thiophene rings is 1. The molecule has 0 fully saturated rings. The predicted octanol–water partition coefficient (Wildman–Crippen LogP) is 2.58. The molecule has 0 bridgehead atoms. The Bertz CT molecular complexity index is 250. The van der Waals surface area contributed by atoms with Gasteiger partial charge in [0.25, 0.3) is 0 Å². The van der Waals surface area contributed by atoms with Crippen LogP contribution in [-0.4, -0.2) is 5.78 Å². The lowest BCUT2D eigenvalue weighted by atomic mass is 10.1. The lowest BCUT2D eigenvalue weighted by Gasteiger charge is -1.95. The van der Waals surface area contributed by atoms with E-state index in [-0.39, 0.29) is 5.78 Å². The number of hydrogen-bond acceptors (Lipinski definition) is 2. The van der Waals surface area contributed by atoms with Crippen molar-refractivity contribution in [1.82, 2.24) is 0 Å². The largest absolute Gasteiger partial charge is 0.300 e. The Hall–Kier alpha value is -0.630. The monoisotopic (exact) mass is 168 g/mol. The van der Waals surface area contributed by atoms with Crippen LogP contribution in [0.4, 0.5) is 0 Å². The molecule has 2 heteroatoms. The van der Waals surface area contributed by atoms with Crippen LogP contribution >= 0.6 is 11.3 Å². The summed E-state index contributed by atoms with van der Waals surface area (Å²) in [6.45, 7) is 3.73. The average molecular weight is 168 g/mol. The molecule has 60 valence electrons. The number of ketones is 1. The molecule has 0 aromatic carbocycles. The number of Topliss-reactive ketones (excluding diaryl/α,β-unsaturated/α-hetero) is 1. The second-order valence-electron chi connectivity index (χ2n) is 2.78. The molecule has 0 saturated carbocycles. The smallest absolute Gasteiger partial charge is 0.130 e. The second-order valence-corrected chi connectivity index (χ2v) is 3.53. The third-order valence-electron chi connectivity index (χ3n) is 1.71. The summed E-state index contributed by atoms with van der Waals surface area (Å²) in [4.78, 5) is 10.7. The molecule has 0 aliphatic heterocycles. The van der Waals surface area contributed by atoms with E-state index in [0.717, 1.165) is 6.42 Å². The number of rotatable bonds is 3. The van der Waals surface area contributed by atoms with E-state index in [4.69, 9.17) is 0 Å². The number of hydrogen-bond donors (Lipinski definition) is 0. The van der Waals surface area contributed by atoms with E-state index < -0.39 is 0 Å². The van der Waals surface area contributed by atoms with Crippen molar-refractivity contribution in [2.75, 3.05) is 0 Å². The number of aryl methyl sites for hydroxylation is 2. The van der Waals surface area contributed by atoms with Gasteiger partial charge in [-0.3, -0.25) is 0 Å². The maximum atomic E-state index is 10.7. The van der Waals surface area contributed by atoms with Crippen molar-refractivity contribution in [2.24, 2.45) is 0 Å². The van der Waals surface area contributed by atoms with Gasteiger partial charge < -0.3 is 4.79 Å². The Morgan fingerprint density at radius 2 is 2.27 bits per heavy atom. The van der Waals surface area contributed by atoms with Crippen molar-refractivity contribution in [2.45, 2.75) is 26.7 Å². The van der Waals surface area contributed by atoms with Crippen molar-refractivity contribution >= 4 is 17.1 Å². The standard InChI is InChI=1S/C9H12OS/c1-7-5-11-6-9(7)4-3-8(2)10/h5-6H,3-4H2,1-2H3. The van der Waals surface area contributed by atoms with E-state index in [1.807, 2.05) is 0 Å². The first-order chi connectivity index (χ1) is 5.20. The Kier molecular flexibility index (Phi) is 2.83. The molecule has 1 aromatic rings. The summed E-state index contributed by atoms with van der Waals surface area (Å²) in [5.41, 5.74) is 2.64. The minimum atomic E-state index is 0.274. The molecule has 0 spiro atoms. The van der Waals surface area contributed by atoms with Crippen molar-refractivity contribution in [3.8, 4) is 0 Å². The van der Waals surface area contributed by atoms with Gasteiger partial charge in [0.2, 0.25) is 0 Å². The average Bonchev–Trinajstić information content (AvgIpc) is 2.31. The molecule has 0 saturated heterocycles. The molecule has 0 N–H and O–H groups in total. The van der Waals surface area contributed by atoms with Crippen LogP contribution in [0.15, 0.2) is 10.8 Å². The van der Waals surface area contributed by atoms with Crippen molar-refractivity contribution in [3.05, 3.63) is 21.9 Å². The van der Waals surface area contributed by atoms with Gasteiger partial charge in [0, 0.05) is 6.42 Å². The van der Waals surface area contributed by atoms with Gasteiger partial charge in [-0.2, -0.15) is 11.3 Å². The van der Waals surface area contributed by atoms with Gasteiger partial charge in [-0.1, -0.05) is 0 Å². The van der Waals surface area contributed by atoms with Gasteiger partial charge in [-0.05, 0) is 42.2 Å². The normalized spacial score (nSPS) is 10.0. The van der Waals surface area contributed by atoms with Crippen LogP contribution in [0, 0.1) is 6.92 Å². The van der Waals surface area contributed by atoms with Gasteiger partial charge in [0.05, 0.1) is 0 Å². The molecule has 0 radical (unpaired) electrons. The summed E-state index contributed by atoms with van der Waals surface area (Å²) in [7, 11) is 0. The summed E-state index contributed by atoms with van der Waals surface area (Å²) in [6.07, 6.45) is 1.59. The van der Waals surface area contributed by atoms with Gasteiger partial charge in [0.15, 0.2) is 0 Å². The molecule has 0 unspecified atom stereocenters. The Morgan fingerprint density at radius 1 is 1.55 bits per heavy atom. The SMILES string of the molecule is CC(=O)CCc1cscc1C. The molecule has 0 aliphatic rings. The van der Waals surface area contributed by atoms with E-state index in [0.29, 0.717) is 6.42 Å². The summed E-state index contributed by atoms with van der Waals surface area (Å²) in [5.74, 6) is 0.274. The minimum absolute atomic E-state index is 0.274. The lowest BCUT2D eigenvalue weighted by Crippen LogP contribution is -1.93. The van der Waals surface area contributed by atoms with E-state index in [9.17, 15) is 4.79 Å². The fourth-order valence-corrected chi connectivity index (χ4v) is 1.85. The van der Waals surface area contributed by atoms with E-state index in [1.54, 1.807) is 18.3 Å². The van der Waals surface area contributed by atoms with Crippen molar-refractivity contribution in [3.63, 3.8) is 0 Å². The quantitative estimate of drug-likeness (QED) is 0.678. The molecule has 0 atom stereocenters. The third kappa shape index (κ3) is 2.46. The first kappa shape index (κ1) is 8.47. The Labute approximate surface area is 71.1 Å². The third-order valence-corrected chi connectivity index (χ3v) is 2.62. The zero-order valence-corrected chi connectivity index (χ0v) is 7.70. The molecule has 1 aromatic heterocycles. The lowest BCUT2D eigenvalue weighted by molar-refractivity contribution is -0.116. The topological polar surface area (TPSA) is 17.1 Å². The highest BCUT2D eigenvalue weighted by atomic mass is 32.1. The molecule has 0 aliphatic carbocycles. The Balaban J connectivity index is 2.51. The zero-order chi connectivity index (χ0) is 8.27. The maximum absolute atomic E-state index is 10.7. The van der Waals surface area contributed by atoms with E-state index in [1.165, 1.54) is 11.1 Å². The molecular weight excluding hydrogens is 156 g/mol. The summed E-state index contributed by atoms with van der Waals surface area (Å²) in [6, 6.07) is 0. The highest BCUT2D eigenvalue weighted by molar-refractivity contribution is 7.08. The van der Waals surface area contributed by atoms with Crippen LogP contribution < -0.4 is 0 Å².